The smallest absolute Gasteiger partial charge is 0.251 e. The first-order chi connectivity index (χ1) is 9.79. The van der Waals surface area contributed by atoms with Gasteiger partial charge in [0.05, 0.1) is 6.54 Å². The summed E-state index contributed by atoms with van der Waals surface area (Å²) < 4.78 is 2.09. The molecule has 0 saturated carbocycles. The maximum absolute atomic E-state index is 12.2. The molecule has 2 aromatic rings. The van der Waals surface area contributed by atoms with Gasteiger partial charge in [-0.05, 0) is 42.2 Å². The molecule has 1 aromatic heterocycles. The fourth-order valence-electron chi connectivity index (χ4n) is 2.24. The van der Waals surface area contributed by atoms with Crippen LogP contribution in [0.2, 0.25) is 0 Å². The maximum atomic E-state index is 12.2. The first-order valence-corrected chi connectivity index (χ1v) is 7.29. The maximum Gasteiger partial charge on any atom is 0.251 e. The molecule has 3 heteroatoms. The number of carbonyl (C=O) groups excluding carboxylic acids is 1. The van der Waals surface area contributed by atoms with Crippen molar-refractivity contribution in [2.75, 3.05) is 0 Å². The zero-order chi connectivity index (χ0) is 15.6. The number of nitrogens with one attached hydrogen (secondary N) is 1. The molecule has 0 aliphatic rings. The van der Waals surface area contributed by atoms with Crippen LogP contribution in [0.15, 0.2) is 36.4 Å². The molecule has 0 saturated heterocycles. The molecule has 1 N–H and O–H groups in total. The number of carbonyl (C=O) groups is 1. The van der Waals surface area contributed by atoms with Gasteiger partial charge in [-0.2, -0.15) is 0 Å². The summed E-state index contributed by atoms with van der Waals surface area (Å²) in [4.78, 5) is 12.2. The molecule has 0 unspecified atom stereocenters. The third kappa shape index (κ3) is 3.54. The number of benzene rings is 1. The van der Waals surface area contributed by atoms with Crippen molar-refractivity contribution in [2.45, 2.75) is 39.7 Å². The third-order valence-corrected chi connectivity index (χ3v) is 3.92. The van der Waals surface area contributed by atoms with Crippen molar-refractivity contribution in [2.24, 2.45) is 7.05 Å². The van der Waals surface area contributed by atoms with Gasteiger partial charge in [0.15, 0.2) is 0 Å². The molecule has 1 amide bonds. The van der Waals surface area contributed by atoms with Gasteiger partial charge < -0.3 is 9.88 Å². The SMILES string of the molecule is Cc1ccc(CNC(=O)c2ccc(C(C)(C)C)cc2)n1C. The molecule has 0 aliphatic heterocycles. The molecule has 2 rings (SSSR count). The van der Waals surface area contributed by atoms with Crippen LogP contribution in [0.1, 0.15) is 48.1 Å². The van der Waals surface area contributed by atoms with E-state index in [0.717, 1.165) is 5.69 Å². The highest BCUT2D eigenvalue weighted by atomic mass is 16.1. The van der Waals surface area contributed by atoms with Crippen molar-refractivity contribution in [1.82, 2.24) is 9.88 Å². The number of aromatic nitrogens is 1. The van der Waals surface area contributed by atoms with Crippen LogP contribution in [-0.4, -0.2) is 10.5 Å². The predicted molar refractivity (Wildman–Crippen MR) is 86.5 cm³/mol. The Bertz CT molecular complexity index is 630. The summed E-state index contributed by atoms with van der Waals surface area (Å²) in [6.45, 7) is 9.10. The van der Waals surface area contributed by atoms with E-state index in [9.17, 15) is 4.79 Å². The van der Waals surface area contributed by atoms with Crippen LogP contribution in [-0.2, 0) is 19.0 Å². The summed E-state index contributed by atoms with van der Waals surface area (Å²) in [7, 11) is 2.01. The van der Waals surface area contributed by atoms with Crippen molar-refractivity contribution >= 4 is 5.91 Å². The van der Waals surface area contributed by atoms with E-state index in [1.165, 1.54) is 11.3 Å². The minimum Gasteiger partial charge on any atom is -0.350 e. The molecule has 0 fully saturated rings. The Balaban J connectivity index is 2.02. The second-order valence-electron chi connectivity index (χ2n) is 6.54. The summed E-state index contributed by atoms with van der Waals surface area (Å²) in [5.74, 6) is -0.0330. The van der Waals surface area contributed by atoms with Crippen molar-refractivity contribution in [3.8, 4) is 0 Å². The van der Waals surface area contributed by atoms with Crippen LogP contribution in [0.25, 0.3) is 0 Å². The van der Waals surface area contributed by atoms with Gasteiger partial charge in [0.2, 0.25) is 0 Å². The predicted octanol–water partition coefficient (Wildman–Crippen LogP) is 3.56. The Morgan fingerprint density at radius 1 is 1.10 bits per heavy atom. The van der Waals surface area contributed by atoms with E-state index in [2.05, 4.69) is 43.6 Å². The topological polar surface area (TPSA) is 34.0 Å². The Morgan fingerprint density at radius 3 is 2.19 bits per heavy atom. The van der Waals surface area contributed by atoms with Crippen LogP contribution in [0.3, 0.4) is 0 Å². The fourth-order valence-corrected chi connectivity index (χ4v) is 2.24. The van der Waals surface area contributed by atoms with Crippen LogP contribution < -0.4 is 5.32 Å². The van der Waals surface area contributed by atoms with Gasteiger partial charge in [-0.25, -0.2) is 0 Å². The van der Waals surface area contributed by atoms with Gasteiger partial charge in [0, 0.05) is 24.0 Å². The Kier molecular flexibility index (Phi) is 4.21. The standard InChI is InChI=1S/C18H24N2O/c1-13-6-11-16(20(13)5)12-19-17(21)14-7-9-15(10-8-14)18(2,3)4/h6-11H,12H2,1-5H3,(H,19,21). The van der Waals surface area contributed by atoms with Gasteiger partial charge in [0.1, 0.15) is 0 Å². The molecule has 0 aliphatic carbocycles. The van der Waals surface area contributed by atoms with E-state index in [1.54, 1.807) is 0 Å². The average Bonchev–Trinajstić information content (AvgIpc) is 2.75. The van der Waals surface area contributed by atoms with Gasteiger partial charge >= 0.3 is 0 Å². The third-order valence-electron chi connectivity index (χ3n) is 3.92. The van der Waals surface area contributed by atoms with Crippen molar-refractivity contribution in [3.63, 3.8) is 0 Å². The number of rotatable bonds is 3. The highest BCUT2D eigenvalue weighted by molar-refractivity contribution is 5.94. The van der Waals surface area contributed by atoms with E-state index in [0.29, 0.717) is 12.1 Å². The van der Waals surface area contributed by atoms with Gasteiger partial charge in [-0.15, -0.1) is 0 Å². The Labute approximate surface area is 127 Å². The lowest BCUT2D eigenvalue weighted by Crippen LogP contribution is -2.24. The minimum atomic E-state index is -0.0330. The van der Waals surface area contributed by atoms with Crippen molar-refractivity contribution in [3.05, 3.63) is 58.9 Å². The fraction of sp³-hybridized carbons (Fsp3) is 0.389. The van der Waals surface area contributed by atoms with Crippen molar-refractivity contribution in [1.29, 1.82) is 0 Å². The lowest BCUT2D eigenvalue weighted by atomic mass is 9.87. The highest BCUT2D eigenvalue weighted by Gasteiger charge is 2.14. The Hall–Kier alpha value is -2.03. The summed E-state index contributed by atoms with van der Waals surface area (Å²) in [6.07, 6.45) is 0. The van der Waals surface area contributed by atoms with Crippen LogP contribution in [0.5, 0.6) is 0 Å². The quantitative estimate of drug-likeness (QED) is 0.918. The van der Waals surface area contributed by atoms with E-state index in [4.69, 9.17) is 0 Å². The van der Waals surface area contributed by atoms with Crippen LogP contribution in [0, 0.1) is 6.92 Å². The number of aryl methyl sites for hydroxylation is 1. The van der Waals surface area contributed by atoms with Crippen LogP contribution >= 0.6 is 0 Å². The van der Waals surface area contributed by atoms with Gasteiger partial charge in [0.25, 0.3) is 5.91 Å². The summed E-state index contributed by atoms with van der Waals surface area (Å²) in [5.41, 5.74) is 4.34. The molecule has 0 bridgehead atoms. The number of hydrogen-bond donors (Lipinski definition) is 1. The molecule has 1 heterocycles. The first kappa shape index (κ1) is 15.4. The number of hydrogen-bond acceptors (Lipinski definition) is 1. The molecule has 0 spiro atoms. The molecule has 0 radical (unpaired) electrons. The highest BCUT2D eigenvalue weighted by Crippen LogP contribution is 2.22. The molecular formula is C18H24N2O. The normalized spacial score (nSPS) is 11.5. The second kappa shape index (κ2) is 5.76. The van der Waals surface area contributed by atoms with Gasteiger partial charge in [-0.1, -0.05) is 32.9 Å². The average molecular weight is 284 g/mol. The summed E-state index contributed by atoms with van der Waals surface area (Å²) in [5, 5.41) is 2.97. The lowest BCUT2D eigenvalue weighted by molar-refractivity contribution is 0.0950. The zero-order valence-corrected chi connectivity index (χ0v) is 13.5. The summed E-state index contributed by atoms with van der Waals surface area (Å²) in [6, 6.07) is 11.9. The lowest BCUT2D eigenvalue weighted by Gasteiger charge is -2.19. The van der Waals surface area contributed by atoms with Gasteiger partial charge in [-0.3, -0.25) is 4.79 Å². The molecule has 1 aromatic carbocycles. The zero-order valence-electron chi connectivity index (χ0n) is 13.5. The summed E-state index contributed by atoms with van der Waals surface area (Å²) >= 11 is 0. The second-order valence-corrected chi connectivity index (χ2v) is 6.54. The number of amides is 1. The van der Waals surface area contributed by atoms with E-state index < -0.39 is 0 Å². The van der Waals surface area contributed by atoms with Crippen LogP contribution in [0.4, 0.5) is 0 Å². The van der Waals surface area contributed by atoms with E-state index in [-0.39, 0.29) is 11.3 Å². The Morgan fingerprint density at radius 2 is 1.71 bits per heavy atom. The van der Waals surface area contributed by atoms with E-state index >= 15 is 0 Å². The molecular weight excluding hydrogens is 260 g/mol. The van der Waals surface area contributed by atoms with E-state index in [1.807, 2.05) is 37.4 Å². The monoisotopic (exact) mass is 284 g/mol. The molecule has 0 atom stereocenters. The minimum absolute atomic E-state index is 0.0330. The molecule has 112 valence electrons. The largest absolute Gasteiger partial charge is 0.350 e. The first-order valence-electron chi connectivity index (χ1n) is 7.29. The van der Waals surface area contributed by atoms with Crippen molar-refractivity contribution < 1.29 is 4.79 Å². The molecule has 3 nitrogen and oxygen atoms in total. The molecule has 21 heavy (non-hydrogen) atoms. The number of nitrogens with zero attached hydrogens (tertiary/aromatic N) is 1.